The largest absolute Gasteiger partial charge is 0.390 e. The third-order valence-corrected chi connectivity index (χ3v) is 4.10. The van der Waals surface area contributed by atoms with Gasteiger partial charge in [-0.2, -0.15) is 0 Å². The molecule has 0 aliphatic heterocycles. The summed E-state index contributed by atoms with van der Waals surface area (Å²) in [4.78, 5) is 1.08. The predicted octanol–water partition coefficient (Wildman–Crippen LogP) is 2.58. The highest BCUT2D eigenvalue weighted by Crippen LogP contribution is 2.26. The molecule has 1 heterocycles. The zero-order chi connectivity index (χ0) is 10.8. The summed E-state index contributed by atoms with van der Waals surface area (Å²) in [7, 11) is 0. The van der Waals surface area contributed by atoms with E-state index in [2.05, 4.69) is 15.9 Å². The Balaban J connectivity index is 2.61. The monoisotopic (exact) mass is 278 g/mol. The Morgan fingerprint density at radius 2 is 2.21 bits per heavy atom. The summed E-state index contributed by atoms with van der Waals surface area (Å²) in [6, 6.07) is 3.91. The maximum Gasteiger partial charge on any atom is 0.0878 e. The molecule has 0 saturated carbocycles. The molecule has 0 bridgehead atoms. The zero-order valence-corrected chi connectivity index (χ0v) is 10.7. The molecular formula is C10H15BrO2S. The smallest absolute Gasteiger partial charge is 0.0878 e. The molecule has 1 aromatic heterocycles. The molecule has 2 atom stereocenters. The van der Waals surface area contributed by atoms with Crippen LogP contribution in [0.2, 0.25) is 0 Å². The first-order valence-electron chi connectivity index (χ1n) is 4.60. The van der Waals surface area contributed by atoms with Crippen molar-refractivity contribution in [3.63, 3.8) is 0 Å². The first-order chi connectivity index (χ1) is 6.45. The molecule has 4 heteroatoms. The van der Waals surface area contributed by atoms with Gasteiger partial charge in [-0.15, -0.1) is 11.3 Å². The van der Waals surface area contributed by atoms with Gasteiger partial charge in [0, 0.05) is 11.3 Å². The van der Waals surface area contributed by atoms with E-state index in [-0.39, 0.29) is 0 Å². The average Bonchev–Trinajstić information content (AvgIpc) is 2.51. The maximum atomic E-state index is 9.80. The Kier molecular flexibility index (Phi) is 4.13. The summed E-state index contributed by atoms with van der Waals surface area (Å²) in [5, 5.41) is 19.6. The summed E-state index contributed by atoms with van der Waals surface area (Å²) >= 11 is 4.95. The third-order valence-electron chi connectivity index (χ3n) is 2.46. The molecule has 2 N–H and O–H groups in total. The van der Waals surface area contributed by atoms with E-state index in [0.717, 1.165) is 8.66 Å². The van der Waals surface area contributed by atoms with Gasteiger partial charge < -0.3 is 10.2 Å². The first kappa shape index (κ1) is 12.2. The second-order valence-corrected chi connectivity index (χ2v) is 6.18. The second-order valence-electron chi connectivity index (χ2n) is 3.64. The summed E-state index contributed by atoms with van der Waals surface area (Å²) in [6.07, 6.45) is 0.371. The quantitative estimate of drug-likeness (QED) is 0.889. The van der Waals surface area contributed by atoms with Crippen molar-refractivity contribution >= 4 is 27.3 Å². The first-order valence-corrected chi connectivity index (χ1v) is 6.21. The minimum atomic E-state index is -0.990. The topological polar surface area (TPSA) is 40.5 Å². The molecule has 0 aliphatic rings. The normalized spacial score (nSPS) is 17.8. The molecule has 0 amide bonds. The molecule has 0 saturated heterocycles. The standard InChI is InChI=1S/C10H15BrO2S/c1-3-10(2,13)8(12)6-7-4-5-9(11)14-7/h4-5,8,12-13H,3,6H2,1-2H3. The molecule has 0 fully saturated rings. The summed E-state index contributed by atoms with van der Waals surface area (Å²) in [5.41, 5.74) is -0.990. The average molecular weight is 279 g/mol. The van der Waals surface area contributed by atoms with Gasteiger partial charge in [0.2, 0.25) is 0 Å². The van der Waals surface area contributed by atoms with Crippen molar-refractivity contribution in [1.82, 2.24) is 0 Å². The lowest BCUT2D eigenvalue weighted by atomic mass is 9.93. The third kappa shape index (κ3) is 3.05. The predicted molar refractivity (Wildman–Crippen MR) is 62.6 cm³/mol. The molecule has 1 rings (SSSR count). The lowest BCUT2D eigenvalue weighted by molar-refractivity contribution is -0.0626. The minimum Gasteiger partial charge on any atom is -0.390 e. The van der Waals surface area contributed by atoms with E-state index in [1.807, 2.05) is 19.1 Å². The Bertz CT molecular complexity index is 296. The lowest BCUT2D eigenvalue weighted by Gasteiger charge is -2.27. The van der Waals surface area contributed by atoms with E-state index >= 15 is 0 Å². The molecule has 2 nitrogen and oxygen atoms in total. The Morgan fingerprint density at radius 1 is 1.57 bits per heavy atom. The SMILES string of the molecule is CCC(C)(O)C(O)Cc1ccc(Br)s1. The number of rotatable bonds is 4. The van der Waals surface area contributed by atoms with Crippen LogP contribution in [0, 0.1) is 0 Å². The summed E-state index contributed by atoms with van der Waals surface area (Å²) in [5.74, 6) is 0. The van der Waals surface area contributed by atoms with Crippen LogP contribution < -0.4 is 0 Å². The Labute approximate surface area is 96.7 Å². The van der Waals surface area contributed by atoms with Crippen LogP contribution in [0.15, 0.2) is 15.9 Å². The molecule has 2 unspecified atom stereocenters. The Morgan fingerprint density at radius 3 is 2.64 bits per heavy atom. The van der Waals surface area contributed by atoms with E-state index in [4.69, 9.17) is 0 Å². The van der Waals surface area contributed by atoms with Crippen molar-refractivity contribution in [1.29, 1.82) is 0 Å². The van der Waals surface area contributed by atoms with Gasteiger partial charge in [0.25, 0.3) is 0 Å². The van der Waals surface area contributed by atoms with Gasteiger partial charge in [0.1, 0.15) is 0 Å². The maximum absolute atomic E-state index is 9.80. The van der Waals surface area contributed by atoms with Gasteiger partial charge in [0.05, 0.1) is 15.5 Å². The van der Waals surface area contributed by atoms with Gasteiger partial charge in [-0.3, -0.25) is 0 Å². The fourth-order valence-corrected chi connectivity index (χ4v) is 2.63. The van der Waals surface area contributed by atoms with Crippen molar-refractivity contribution in [3.8, 4) is 0 Å². The van der Waals surface area contributed by atoms with E-state index in [1.165, 1.54) is 0 Å². The van der Waals surface area contributed by atoms with E-state index in [1.54, 1.807) is 18.3 Å². The van der Waals surface area contributed by atoms with Gasteiger partial charge in [-0.05, 0) is 41.4 Å². The molecule has 0 aliphatic carbocycles. The minimum absolute atomic E-state index is 0.511. The number of aliphatic hydroxyl groups excluding tert-OH is 1. The van der Waals surface area contributed by atoms with Gasteiger partial charge in [-0.1, -0.05) is 6.92 Å². The number of halogens is 1. The molecule has 14 heavy (non-hydrogen) atoms. The zero-order valence-electron chi connectivity index (χ0n) is 8.33. The van der Waals surface area contributed by atoms with Gasteiger partial charge in [0.15, 0.2) is 0 Å². The summed E-state index contributed by atoms with van der Waals surface area (Å²) < 4.78 is 1.05. The van der Waals surface area contributed by atoms with Gasteiger partial charge in [-0.25, -0.2) is 0 Å². The highest BCUT2D eigenvalue weighted by Gasteiger charge is 2.28. The van der Waals surface area contributed by atoms with E-state index in [9.17, 15) is 10.2 Å². The van der Waals surface area contributed by atoms with Gasteiger partial charge >= 0.3 is 0 Å². The number of hydrogen-bond donors (Lipinski definition) is 2. The summed E-state index contributed by atoms with van der Waals surface area (Å²) in [6.45, 7) is 3.54. The second kappa shape index (κ2) is 4.75. The number of hydrogen-bond acceptors (Lipinski definition) is 3. The fourth-order valence-electron chi connectivity index (χ4n) is 1.11. The number of thiophene rings is 1. The van der Waals surface area contributed by atoms with Crippen LogP contribution in [0.4, 0.5) is 0 Å². The molecular weight excluding hydrogens is 264 g/mol. The van der Waals surface area contributed by atoms with Crippen molar-refractivity contribution in [2.45, 2.75) is 38.4 Å². The molecule has 80 valence electrons. The lowest BCUT2D eigenvalue weighted by Crippen LogP contribution is -2.39. The van der Waals surface area contributed by atoms with Crippen LogP contribution in [0.3, 0.4) is 0 Å². The molecule has 0 radical (unpaired) electrons. The van der Waals surface area contributed by atoms with Crippen molar-refractivity contribution in [2.75, 3.05) is 0 Å². The molecule has 0 aromatic carbocycles. The fraction of sp³-hybridized carbons (Fsp3) is 0.600. The number of aliphatic hydroxyl groups is 2. The van der Waals surface area contributed by atoms with Crippen molar-refractivity contribution < 1.29 is 10.2 Å². The highest BCUT2D eigenvalue weighted by molar-refractivity contribution is 9.11. The van der Waals surface area contributed by atoms with Crippen LogP contribution in [-0.4, -0.2) is 21.9 Å². The van der Waals surface area contributed by atoms with Crippen molar-refractivity contribution in [2.24, 2.45) is 0 Å². The Hall–Kier alpha value is 0.1000. The van der Waals surface area contributed by atoms with Crippen LogP contribution >= 0.6 is 27.3 Å². The van der Waals surface area contributed by atoms with Crippen LogP contribution in [0.25, 0.3) is 0 Å². The van der Waals surface area contributed by atoms with Crippen LogP contribution in [0.1, 0.15) is 25.1 Å². The van der Waals surface area contributed by atoms with Crippen LogP contribution in [-0.2, 0) is 6.42 Å². The van der Waals surface area contributed by atoms with E-state index < -0.39 is 11.7 Å². The van der Waals surface area contributed by atoms with Crippen LogP contribution in [0.5, 0.6) is 0 Å². The van der Waals surface area contributed by atoms with E-state index in [0.29, 0.717) is 12.8 Å². The molecule has 0 spiro atoms. The van der Waals surface area contributed by atoms with Crippen molar-refractivity contribution in [3.05, 3.63) is 20.8 Å². The molecule has 1 aromatic rings. The highest BCUT2D eigenvalue weighted by atomic mass is 79.9.